The smallest absolute Gasteiger partial charge is 0.132 e. The number of ketones is 1. The molecule has 8 atom stereocenters. The van der Waals surface area contributed by atoms with Crippen LogP contribution in [0.4, 0.5) is 0 Å². The third-order valence-corrected chi connectivity index (χ3v) is 11.4. The number of Topliss-reactive ketones (excluding diaryl/α,β-unsaturated/α-hetero) is 1. The molecule has 0 bridgehead atoms. The number of rotatable bonds is 7. The van der Waals surface area contributed by atoms with Crippen molar-refractivity contribution in [3.05, 3.63) is 0 Å². The predicted octanol–water partition coefficient (Wildman–Crippen LogP) is 8.20. The Morgan fingerprint density at radius 2 is 1.72 bits per heavy atom. The van der Waals surface area contributed by atoms with E-state index in [1.807, 2.05) is 0 Å². The van der Waals surface area contributed by atoms with Crippen molar-refractivity contribution in [2.45, 2.75) is 111 Å². The second-order valence-corrected chi connectivity index (χ2v) is 12.8. The summed E-state index contributed by atoms with van der Waals surface area (Å²) in [5, 5.41) is 0.957. The predicted molar refractivity (Wildman–Crippen MR) is 126 cm³/mol. The lowest BCUT2D eigenvalue weighted by Crippen LogP contribution is -2.53. The van der Waals surface area contributed by atoms with Crippen molar-refractivity contribution < 1.29 is 4.79 Å². The molecule has 0 aliphatic heterocycles. The van der Waals surface area contributed by atoms with E-state index in [1.54, 1.807) is 0 Å². The van der Waals surface area contributed by atoms with Gasteiger partial charge in [0.15, 0.2) is 0 Å². The van der Waals surface area contributed by atoms with E-state index in [2.05, 4.69) is 36.7 Å². The molecular weight excluding hydrogens is 420 g/mol. The molecule has 0 heterocycles. The Balaban J connectivity index is 1.42. The number of carbonyl (C=O) groups excluding carboxylic acids is 1. The molecule has 0 radical (unpaired) electrons. The van der Waals surface area contributed by atoms with Crippen molar-refractivity contribution in [2.75, 3.05) is 5.33 Å². The highest BCUT2D eigenvalue weighted by molar-refractivity contribution is 9.09. The second-order valence-electron chi connectivity index (χ2n) is 12.0. The molecule has 4 aliphatic rings. The minimum Gasteiger partial charge on any atom is -0.300 e. The molecule has 0 aromatic rings. The van der Waals surface area contributed by atoms with Gasteiger partial charge in [0, 0.05) is 18.2 Å². The van der Waals surface area contributed by atoms with Crippen LogP contribution in [0, 0.1) is 46.3 Å². The zero-order valence-corrected chi connectivity index (χ0v) is 20.9. The first-order chi connectivity index (χ1) is 13.9. The molecule has 4 fully saturated rings. The summed E-state index contributed by atoms with van der Waals surface area (Å²) in [4.78, 5) is 12.2. The average Bonchev–Trinajstić information content (AvgIpc) is 3.07. The van der Waals surface area contributed by atoms with Gasteiger partial charge in [-0.05, 0) is 111 Å². The normalized spacial score (nSPS) is 45.2. The number of halogens is 1. The van der Waals surface area contributed by atoms with Gasteiger partial charge in [0.1, 0.15) is 5.78 Å². The molecule has 0 N–H and O–H groups in total. The largest absolute Gasteiger partial charge is 0.300 e. The molecule has 0 aromatic carbocycles. The zero-order chi connectivity index (χ0) is 20.6. The van der Waals surface area contributed by atoms with Crippen LogP contribution in [0.5, 0.6) is 0 Å². The maximum atomic E-state index is 12.2. The average molecular weight is 466 g/mol. The third kappa shape index (κ3) is 4.03. The van der Waals surface area contributed by atoms with Crippen LogP contribution >= 0.6 is 15.9 Å². The highest BCUT2D eigenvalue weighted by Crippen LogP contribution is 2.68. The Bertz CT molecular complexity index is 587. The van der Waals surface area contributed by atoms with E-state index < -0.39 is 0 Å². The topological polar surface area (TPSA) is 17.1 Å². The van der Waals surface area contributed by atoms with E-state index >= 15 is 0 Å². The Labute approximate surface area is 188 Å². The van der Waals surface area contributed by atoms with Crippen LogP contribution in [0.25, 0.3) is 0 Å². The van der Waals surface area contributed by atoms with Crippen LogP contribution < -0.4 is 0 Å². The summed E-state index contributed by atoms with van der Waals surface area (Å²) >= 11 is 3.46. The fourth-order valence-electron chi connectivity index (χ4n) is 9.25. The zero-order valence-electron chi connectivity index (χ0n) is 19.4. The summed E-state index contributed by atoms with van der Waals surface area (Å²) in [7, 11) is 0. The number of fused-ring (bicyclic) bond motifs is 5. The Morgan fingerprint density at radius 1 is 0.931 bits per heavy atom. The van der Waals surface area contributed by atoms with Crippen molar-refractivity contribution in [2.24, 2.45) is 46.3 Å². The van der Waals surface area contributed by atoms with Gasteiger partial charge in [-0.25, -0.2) is 0 Å². The molecule has 0 aromatic heterocycles. The van der Waals surface area contributed by atoms with E-state index in [0.29, 0.717) is 16.6 Å². The number of carbonyl (C=O) groups is 1. The van der Waals surface area contributed by atoms with Crippen molar-refractivity contribution in [1.29, 1.82) is 0 Å². The van der Waals surface area contributed by atoms with Gasteiger partial charge in [-0.2, -0.15) is 0 Å². The minimum absolute atomic E-state index is 0.489. The highest BCUT2D eigenvalue weighted by atomic mass is 79.9. The maximum absolute atomic E-state index is 12.2. The molecule has 4 aliphatic carbocycles. The molecule has 4 rings (SSSR count). The molecule has 0 saturated heterocycles. The van der Waals surface area contributed by atoms with E-state index in [1.165, 1.54) is 64.2 Å². The van der Waals surface area contributed by atoms with E-state index in [-0.39, 0.29) is 0 Å². The molecule has 29 heavy (non-hydrogen) atoms. The minimum atomic E-state index is 0.489. The van der Waals surface area contributed by atoms with E-state index in [0.717, 1.165) is 66.5 Å². The number of alkyl halides is 1. The summed E-state index contributed by atoms with van der Waals surface area (Å²) in [6, 6.07) is 0. The first-order valence-corrected chi connectivity index (χ1v) is 14.1. The van der Waals surface area contributed by atoms with E-state index in [4.69, 9.17) is 0 Å². The van der Waals surface area contributed by atoms with Gasteiger partial charge in [0.05, 0.1) is 0 Å². The molecule has 166 valence electrons. The SMILES string of the molecule is C[C@H](CCC(=O)CCCBr)[C@H]1CC[C@H]2[C@@H]3CCC4CCCC[C@]4(C)[C@H]3CC[C@]12C. The Hall–Kier alpha value is 0.150. The van der Waals surface area contributed by atoms with Crippen LogP contribution in [0.3, 0.4) is 0 Å². The van der Waals surface area contributed by atoms with Crippen LogP contribution in [-0.4, -0.2) is 11.1 Å². The maximum Gasteiger partial charge on any atom is 0.132 e. The molecule has 0 amide bonds. The van der Waals surface area contributed by atoms with Gasteiger partial charge >= 0.3 is 0 Å². The van der Waals surface area contributed by atoms with Crippen LogP contribution in [-0.2, 0) is 4.79 Å². The van der Waals surface area contributed by atoms with Crippen molar-refractivity contribution in [3.8, 4) is 0 Å². The van der Waals surface area contributed by atoms with Crippen molar-refractivity contribution in [1.82, 2.24) is 0 Å². The first-order valence-electron chi connectivity index (χ1n) is 13.0. The van der Waals surface area contributed by atoms with Gasteiger partial charge in [-0.1, -0.05) is 49.5 Å². The van der Waals surface area contributed by atoms with Crippen LogP contribution in [0.15, 0.2) is 0 Å². The number of hydrogen-bond donors (Lipinski definition) is 0. The lowest BCUT2D eigenvalue weighted by Gasteiger charge is -2.61. The molecular formula is C27H45BrO. The van der Waals surface area contributed by atoms with Gasteiger partial charge < -0.3 is 0 Å². The Kier molecular flexibility index (Phi) is 6.90. The van der Waals surface area contributed by atoms with Crippen LogP contribution in [0.1, 0.15) is 111 Å². The van der Waals surface area contributed by atoms with Crippen molar-refractivity contribution in [3.63, 3.8) is 0 Å². The van der Waals surface area contributed by atoms with Gasteiger partial charge in [0.2, 0.25) is 0 Å². The molecule has 1 unspecified atom stereocenters. The molecule has 2 heteroatoms. The van der Waals surface area contributed by atoms with Gasteiger partial charge in [-0.15, -0.1) is 0 Å². The fraction of sp³-hybridized carbons (Fsp3) is 0.963. The van der Waals surface area contributed by atoms with E-state index in [9.17, 15) is 4.79 Å². The fourth-order valence-corrected chi connectivity index (χ4v) is 9.53. The first kappa shape index (κ1) is 22.3. The second kappa shape index (κ2) is 8.95. The lowest BCUT2D eigenvalue weighted by molar-refractivity contribution is -0.120. The van der Waals surface area contributed by atoms with Crippen LogP contribution in [0.2, 0.25) is 0 Å². The summed E-state index contributed by atoms with van der Waals surface area (Å²) in [5.74, 6) is 6.08. The lowest BCUT2D eigenvalue weighted by atomic mass is 9.44. The third-order valence-electron chi connectivity index (χ3n) is 10.8. The Morgan fingerprint density at radius 3 is 2.52 bits per heavy atom. The summed E-state index contributed by atoms with van der Waals surface area (Å²) < 4.78 is 0. The monoisotopic (exact) mass is 464 g/mol. The standard InChI is InChI=1S/C27H45BrO/c1-19(9-11-21(29)8-6-18-28)23-13-14-24-22-12-10-20-7-4-5-16-26(20,2)25(22)15-17-27(23,24)3/h19-20,22-25H,4-18H2,1-3H3/t19-,20?,22+,23-,24+,25+,26+,27-/m1/s1. The van der Waals surface area contributed by atoms with Gasteiger partial charge in [0.25, 0.3) is 0 Å². The summed E-state index contributed by atoms with van der Waals surface area (Å²) in [5.41, 5.74) is 1.21. The molecule has 0 spiro atoms. The molecule has 4 saturated carbocycles. The summed E-state index contributed by atoms with van der Waals surface area (Å²) in [6.07, 6.45) is 18.6. The quantitative estimate of drug-likeness (QED) is 0.346. The number of hydrogen-bond acceptors (Lipinski definition) is 1. The summed E-state index contributed by atoms with van der Waals surface area (Å²) in [6.45, 7) is 7.84. The highest BCUT2D eigenvalue weighted by Gasteiger charge is 2.60. The molecule has 1 nitrogen and oxygen atoms in total. The van der Waals surface area contributed by atoms with Gasteiger partial charge in [-0.3, -0.25) is 4.79 Å². The van der Waals surface area contributed by atoms with Crippen molar-refractivity contribution >= 4 is 21.7 Å².